The molecule has 1 rings (SSSR count). The lowest BCUT2D eigenvalue weighted by atomic mass is 10.0. The van der Waals surface area contributed by atoms with Gasteiger partial charge in [-0.2, -0.15) is 0 Å². The minimum absolute atomic E-state index is 0.0579. The van der Waals surface area contributed by atoms with Crippen molar-refractivity contribution in [2.24, 2.45) is 5.92 Å². The number of halogens is 1. The molecule has 1 aromatic carbocycles. The van der Waals surface area contributed by atoms with Crippen LogP contribution in [-0.2, 0) is 14.8 Å². The van der Waals surface area contributed by atoms with Gasteiger partial charge in [-0.3, -0.25) is 9.10 Å². The molecule has 1 aromatic rings. The molecule has 0 heterocycles. The number of nitrogens with one attached hydrogen (secondary N) is 1. The number of amides is 1. The van der Waals surface area contributed by atoms with Crippen LogP contribution in [0.25, 0.3) is 0 Å². The number of carbonyl (C=O) groups excluding carboxylic acids is 1. The highest BCUT2D eigenvalue weighted by Crippen LogP contribution is 2.17. The maximum Gasteiger partial charge on any atom is 0.232 e. The molecule has 22 heavy (non-hydrogen) atoms. The summed E-state index contributed by atoms with van der Waals surface area (Å²) in [6.07, 6.45) is 2.57. The minimum atomic E-state index is -3.50. The molecule has 0 unspecified atom stereocenters. The zero-order valence-electron chi connectivity index (χ0n) is 13.2. The van der Waals surface area contributed by atoms with Crippen LogP contribution < -0.4 is 9.62 Å². The fraction of sp³-hybridized carbons (Fsp3) is 0.533. The molecule has 124 valence electrons. The number of carbonyl (C=O) groups is 1. The highest BCUT2D eigenvalue weighted by Gasteiger charge is 2.18. The molecule has 0 fully saturated rings. The van der Waals surface area contributed by atoms with Crippen molar-refractivity contribution in [3.63, 3.8) is 0 Å². The first-order chi connectivity index (χ1) is 10.3. The zero-order chi connectivity index (χ0) is 16.8. The summed E-state index contributed by atoms with van der Waals surface area (Å²) in [4.78, 5) is 11.9. The minimum Gasteiger partial charge on any atom is -0.354 e. The first-order valence-electron chi connectivity index (χ1n) is 7.30. The van der Waals surface area contributed by atoms with Gasteiger partial charge in [0, 0.05) is 12.5 Å². The molecule has 0 spiro atoms. The molecule has 1 amide bonds. The molecule has 0 saturated carbocycles. The Hall–Kier alpha value is -1.63. The van der Waals surface area contributed by atoms with Crippen LogP contribution in [0.3, 0.4) is 0 Å². The average Bonchev–Trinajstić information content (AvgIpc) is 2.45. The molecule has 0 saturated heterocycles. The van der Waals surface area contributed by atoms with Crippen LogP contribution in [0.15, 0.2) is 24.3 Å². The summed E-state index contributed by atoms with van der Waals surface area (Å²) in [5.74, 6) is -0.561. The Morgan fingerprint density at radius 2 is 1.77 bits per heavy atom. The molecular formula is C15H23FN2O3S. The van der Waals surface area contributed by atoms with Crippen molar-refractivity contribution in [2.75, 3.05) is 23.7 Å². The van der Waals surface area contributed by atoms with Crippen molar-refractivity contribution in [3.05, 3.63) is 30.1 Å². The van der Waals surface area contributed by atoms with Crippen LogP contribution in [0.1, 0.15) is 26.7 Å². The van der Waals surface area contributed by atoms with E-state index in [1.54, 1.807) is 0 Å². The standard InChI is InChI=1S/C15H23FN2O3S/c1-4-12(5-2)15(19)17-10-11-18(22(3,20)21)14-8-6-13(16)7-9-14/h6-9,12H,4-5,10-11H2,1-3H3,(H,17,19). The van der Waals surface area contributed by atoms with Crippen molar-refractivity contribution in [3.8, 4) is 0 Å². The van der Waals surface area contributed by atoms with Gasteiger partial charge in [0.1, 0.15) is 5.82 Å². The molecule has 1 N–H and O–H groups in total. The summed E-state index contributed by atoms with van der Waals surface area (Å²) in [5.41, 5.74) is 0.376. The number of nitrogens with zero attached hydrogens (tertiary/aromatic N) is 1. The van der Waals surface area contributed by atoms with Crippen LogP contribution in [0, 0.1) is 11.7 Å². The second-order valence-corrected chi connectivity index (χ2v) is 7.02. The Morgan fingerprint density at radius 3 is 2.23 bits per heavy atom. The van der Waals surface area contributed by atoms with Gasteiger partial charge in [0.25, 0.3) is 0 Å². The predicted octanol–water partition coefficient (Wildman–Crippen LogP) is 2.14. The maximum atomic E-state index is 12.9. The molecule has 0 aromatic heterocycles. The third-order valence-corrected chi connectivity index (χ3v) is 4.68. The number of benzene rings is 1. The second-order valence-electron chi connectivity index (χ2n) is 5.12. The Labute approximate surface area is 131 Å². The number of hydrogen-bond donors (Lipinski definition) is 1. The van der Waals surface area contributed by atoms with Gasteiger partial charge in [-0.25, -0.2) is 12.8 Å². The normalized spacial score (nSPS) is 11.5. The summed E-state index contributed by atoms with van der Waals surface area (Å²) in [6.45, 7) is 4.19. The number of hydrogen-bond acceptors (Lipinski definition) is 3. The van der Waals surface area contributed by atoms with Crippen molar-refractivity contribution >= 4 is 21.6 Å². The molecule has 7 heteroatoms. The van der Waals surface area contributed by atoms with Crippen LogP contribution in [0.2, 0.25) is 0 Å². The summed E-state index contributed by atoms with van der Waals surface area (Å²) < 4.78 is 37.8. The number of anilines is 1. The van der Waals surface area contributed by atoms with Crippen molar-refractivity contribution < 1.29 is 17.6 Å². The predicted molar refractivity (Wildman–Crippen MR) is 85.7 cm³/mol. The Balaban J connectivity index is 2.72. The SMILES string of the molecule is CCC(CC)C(=O)NCCN(c1ccc(F)cc1)S(C)(=O)=O. The van der Waals surface area contributed by atoms with Gasteiger partial charge in [0.05, 0.1) is 18.5 Å². The highest BCUT2D eigenvalue weighted by atomic mass is 32.2. The van der Waals surface area contributed by atoms with Crippen LogP contribution in [0.5, 0.6) is 0 Å². The number of sulfonamides is 1. The van der Waals surface area contributed by atoms with E-state index in [0.717, 1.165) is 23.4 Å². The first-order valence-corrected chi connectivity index (χ1v) is 9.15. The van der Waals surface area contributed by atoms with E-state index in [1.807, 2.05) is 13.8 Å². The van der Waals surface area contributed by atoms with Gasteiger partial charge in [-0.1, -0.05) is 13.8 Å². The van der Waals surface area contributed by atoms with Crippen molar-refractivity contribution in [1.29, 1.82) is 0 Å². The van der Waals surface area contributed by atoms with E-state index < -0.39 is 15.8 Å². The number of rotatable bonds is 8. The molecule has 0 radical (unpaired) electrons. The van der Waals surface area contributed by atoms with E-state index in [0.29, 0.717) is 5.69 Å². The van der Waals surface area contributed by atoms with E-state index in [9.17, 15) is 17.6 Å². The highest BCUT2D eigenvalue weighted by molar-refractivity contribution is 7.92. The monoisotopic (exact) mass is 330 g/mol. The third-order valence-electron chi connectivity index (χ3n) is 3.49. The molecule has 0 aliphatic heterocycles. The molecule has 0 aliphatic rings. The largest absolute Gasteiger partial charge is 0.354 e. The van der Waals surface area contributed by atoms with Gasteiger partial charge in [0.2, 0.25) is 15.9 Å². The lowest BCUT2D eigenvalue weighted by Crippen LogP contribution is -2.39. The molecular weight excluding hydrogens is 307 g/mol. The zero-order valence-corrected chi connectivity index (χ0v) is 14.0. The summed E-state index contributed by atoms with van der Waals surface area (Å²) >= 11 is 0. The van der Waals surface area contributed by atoms with E-state index in [2.05, 4.69) is 5.32 Å². The first kappa shape index (κ1) is 18.4. The molecule has 0 atom stereocenters. The summed E-state index contributed by atoms with van der Waals surface area (Å²) in [7, 11) is -3.50. The van der Waals surface area contributed by atoms with E-state index in [-0.39, 0.29) is 24.9 Å². The lowest BCUT2D eigenvalue weighted by molar-refractivity contribution is -0.125. The fourth-order valence-corrected chi connectivity index (χ4v) is 3.11. The summed E-state index contributed by atoms with van der Waals surface area (Å²) in [6, 6.07) is 5.21. The summed E-state index contributed by atoms with van der Waals surface area (Å²) in [5, 5.41) is 2.75. The molecule has 0 bridgehead atoms. The van der Waals surface area contributed by atoms with Crippen LogP contribution in [-0.4, -0.2) is 33.7 Å². The second kappa shape index (κ2) is 8.12. The lowest BCUT2D eigenvalue weighted by Gasteiger charge is -2.23. The smallest absolute Gasteiger partial charge is 0.232 e. The van der Waals surface area contributed by atoms with Crippen LogP contribution in [0.4, 0.5) is 10.1 Å². The van der Waals surface area contributed by atoms with Gasteiger partial charge in [0.15, 0.2) is 0 Å². The van der Waals surface area contributed by atoms with E-state index >= 15 is 0 Å². The fourth-order valence-electron chi connectivity index (χ4n) is 2.18. The third kappa shape index (κ3) is 5.29. The Kier molecular flexibility index (Phi) is 6.80. The Morgan fingerprint density at radius 1 is 1.23 bits per heavy atom. The van der Waals surface area contributed by atoms with Gasteiger partial charge in [-0.15, -0.1) is 0 Å². The van der Waals surface area contributed by atoms with Gasteiger partial charge >= 0.3 is 0 Å². The van der Waals surface area contributed by atoms with E-state index in [1.165, 1.54) is 24.3 Å². The average molecular weight is 330 g/mol. The Bertz CT molecular complexity index is 583. The van der Waals surface area contributed by atoms with Gasteiger partial charge in [-0.05, 0) is 37.1 Å². The molecule has 0 aliphatic carbocycles. The van der Waals surface area contributed by atoms with E-state index in [4.69, 9.17) is 0 Å². The van der Waals surface area contributed by atoms with Crippen molar-refractivity contribution in [2.45, 2.75) is 26.7 Å². The molecule has 5 nitrogen and oxygen atoms in total. The van der Waals surface area contributed by atoms with Gasteiger partial charge < -0.3 is 5.32 Å². The topological polar surface area (TPSA) is 66.5 Å². The van der Waals surface area contributed by atoms with Crippen molar-refractivity contribution in [1.82, 2.24) is 5.32 Å². The maximum absolute atomic E-state index is 12.9. The quantitative estimate of drug-likeness (QED) is 0.794. The van der Waals surface area contributed by atoms with Crippen LogP contribution >= 0.6 is 0 Å².